The normalized spacial score (nSPS) is 17.8. The molecule has 1 aliphatic heterocycles. The van der Waals surface area contributed by atoms with Crippen LogP contribution in [0.2, 0.25) is 0 Å². The summed E-state index contributed by atoms with van der Waals surface area (Å²) < 4.78 is 5.21. The molecule has 2 heterocycles. The minimum absolute atomic E-state index is 0.0828. The highest BCUT2D eigenvalue weighted by Crippen LogP contribution is 2.22. The third-order valence-electron chi connectivity index (χ3n) is 3.20. The molecule has 0 bridgehead atoms. The molecule has 20 heavy (non-hydrogen) atoms. The van der Waals surface area contributed by atoms with Crippen LogP contribution in [0.4, 0.5) is 5.69 Å². The van der Waals surface area contributed by atoms with E-state index < -0.39 is 0 Å². The maximum absolute atomic E-state index is 12.0. The predicted molar refractivity (Wildman–Crippen MR) is 71.7 cm³/mol. The molecule has 6 heteroatoms. The summed E-state index contributed by atoms with van der Waals surface area (Å²) in [7, 11) is 0. The van der Waals surface area contributed by atoms with Crippen molar-refractivity contribution in [2.24, 2.45) is 5.92 Å². The monoisotopic (exact) mass is 271 g/mol. The van der Waals surface area contributed by atoms with Gasteiger partial charge in [0.15, 0.2) is 12.2 Å². The number of aromatic nitrogens is 1. The van der Waals surface area contributed by atoms with Crippen LogP contribution < -0.4 is 10.6 Å². The van der Waals surface area contributed by atoms with Crippen LogP contribution in [-0.4, -0.2) is 23.3 Å². The van der Waals surface area contributed by atoms with Crippen molar-refractivity contribution in [2.45, 2.75) is 6.42 Å². The number of hydrogen-bond donors (Lipinski definition) is 2. The Hall–Kier alpha value is -2.63. The minimum Gasteiger partial charge on any atom is -0.444 e. The molecular formula is C14H13N3O3. The second kappa shape index (κ2) is 5.16. The highest BCUT2D eigenvalue weighted by atomic mass is 16.3. The molecule has 2 amide bonds. The van der Waals surface area contributed by atoms with Crippen molar-refractivity contribution < 1.29 is 14.0 Å². The number of carbonyl (C=O) groups excluding carboxylic acids is 2. The van der Waals surface area contributed by atoms with Gasteiger partial charge in [0.25, 0.3) is 0 Å². The molecule has 1 aliphatic rings. The van der Waals surface area contributed by atoms with E-state index in [1.54, 1.807) is 12.3 Å². The van der Waals surface area contributed by atoms with Crippen molar-refractivity contribution >= 4 is 17.5 Å². The van der Waals surface area contributed by atoms with Crippen molar-refractivity contribution in [3.8, 4) is 11.3 Å². The fourth-order valence-corrected chi connectivity index (χ4v) is 2.14. The van der Waals surface area contributed by atoms with Crippen LogP contribution in [-0.2, 0) is 9.59 Å². The van der Waals surface area contributed by atoms with Crippen LogP contribution in [0.5, 0.6) is 0 Å². The van der Waals surface area contributed by atoms with Gasteiger partial charge in [-0.25, -0.2) is 4.98 Å². The van der Waals surface area contributed by atoms with Crippen LogP contribution in [0, 0.1) is 5.92 Å². The van der Waals surface area contributed by atoms with Gasteiger partial charge in [-0.1, -0.05) is 12.1 Å². The Labute approximate surface area is 115 Å². The molecular weight excluding hydrogens is 258 g/mol. The maximum Gasteiger partial charge on any atom is 0.229 e. The highest BCUT2D eigenvalue weighted by Gasteiger charge is 2.27. The Morgan fingerprint density at radius 3 is 3.05 bits per heavy atom. The second-order valence-electron chi connectivity index (χ2n) is 4.64. The Balaban J connectivity index is 1.73. The number of oxazole rings is 1. The zero-order chi connectivity index (χ0) is 13.9. The number of anilines is 1. The van der Waals surface area contributed by atoms with E-state index in [4.69, 9.17) is 4.42 Å². The van der Waals surface area contributed by atoms with E-state index >= 15 is 0 Å². The summed E-state index contributed by atoms with van der Waals surface area (Å²) in [5.41, 5.74) is 1.50. The van der Waals surface area contributed by atoms with Gasteiger partial charge in [-0.05, 0) is 12.1 Å². The number of rotatable bonds is 3. The summed E-state index contributed by atoms with van der Waals surface area (Å²) >= 11 is 0. The Morgan fingerprint density at radius 1 is 1.45 bits per heavy atom. The lowest BCUT2D eigenvalue weighted by Crippen LogP contribution is -2.24. The van der Waals surface area contributed by atoms with Gasteiger partial charge in [-0.3, -0.25) is 9.59 Å². The van der Waals surface area contributed by atoms with E-state index in [0.29, 0.717) is 18.0 Å². The van der Waals surface area contributed by atoms with Gasteiger partial charge in [0.1, 0.15) is 0 Å². The number of hydrogen-bond acceptors (Lipinski definition) is 4. The SMILES string of the molecule is O=C1C[C@H](C(=O)Nc2cccc(-c3cnco3)c2)CN1. The molecule has 3 rings (SSSR count). The number of benzene rings is 1. The Bertz CT molecular complexity index is 637. The molecule has 2 N–H and O–H groups in total. The average molecular weight is 271 g/mol. The smallest absolute Gasteiger partial charge is 0.229 e. The summed E-state index contributed by atoms with van der Waals surface area (Å²) in [6.45, 7) is 0.395. The van der Waals surface area contributed by atoms with Crippen LogP contribution in [0.25, 0.3) is 11.3 Å². The number of nitrogens with zero attached hydrogens (tertiary/aromatic N) is 1. The zero-order valence-corrected chi connectivity index (χ0v) is 10.6. The highest BCUT2D eigenvalue weighted by molar-refractivity contribution is 5.97. The standard InChI is InChI=1S/C14H13N3O3/c18-13-5-10(6-16-13)14(19)17-11-3-1-2-9(4-11)12-7-15-8-20-12/h1-4,7-8,10H,5-6H2,(H,16,18)(H,17,19)/t10-/m0/s1. The molecule has 1 atom stereocenters. The zero-order valence-electron chi connectivity index (χ0n) is 10.6. The summed E-state index contributed by atoms with van der Waals surface area (Å²) in [6, 6.07) is 7.30. The quantitative estimate of drug-likeness (QED) is 0.884. The first-order valence-corrected chi connectivity index (χ1v) is 6.29. The van der Waals surface area contributed by atoms with Gasteiger partial charge in [-0.15, -0.1) is 0 Å². The molecule has 1 aromatic heterocycles. The topological polar surface area (TPSA) is 84.2 Å². The van der Waals surface area contributed by atoms with E-state index in [1.807, 2.05) is 18.2 Å². The lowest BCUT2D eigenvalue weighted by Gasteiger charge is -2.09. The lowest BCUT2D eigenvalue weighted by atomic mass is 10.1. The third-order valence-corrected chi connectivity index (χ3v) is 3.20. The van der Waals surface area contributed by atoms with Gasteiger partial charge in [0, 0.05) is 24.2 Å². The first-order valence-electron chi connectivity index (χ1n) is 6.29. The first kappa shape index (κ1) is 12.4. The van der Waals surface area contributed by atoms with Crippen LogP contribution in [0.3, 0.4) is 0 Å². The van der Waals surface area contributed by atoms with E-state index in [1.165, 1.54) is 6.39 Å². The van der Waals surface area contributed by atoms with Crippen molar-refractivity contribution in [3.63, 3.8) is 0 Å². The van der Waals surface area contributed by atoms with E-state index in [-0.39, 0.29) is 24.2 Å². The maximum atomic E-state index is 12.0. The predicted octanol–water partition coefficient (Wildman–Crippen LogP) is 1.42. The van der Waals surface area contributed by atoms with Crippen LogP contribution in [0.1, 0.15) is 6.42 Å². The number of nitrogens with one attached hydrogen (secondary N) is 2. The van der Waals surface area contributed by atoms with Crippen molar-refractivity contribution in [1.29, 1.82) is 0 Å². The molecule has 0 spiro atoms. The molecule has 2 aromatic rings. The van der Waals surface area contributed by atoms with Gasteiger partial charge in [-0.2, -0.15) is 0 Å². The molecule has 0 unspecified atom stereocenters. The van der Waals surface area contributed by atoms with Gasteiger partial charge >= 0.3 is 0 Å². The molecule has 1 fully saturated rings. The third kappa shape index (κ3) is 2.54. The van der Waals surface area contributed by atoms with Crippen molar-refractivity contribution in [3.05, 3.63) is 36.9 Å². The summed E-state index contributed by atoms with van der Waals surface area (Å²) in [5.74, 6) is 0.0916. The molecule has 102 valence electrons. The Morgan fingerprint density at radius 2 is 2.35 bits per heavy atom. The first-order chi connectivity index (χ1) is 9.72. The summed E-state index contributed by atoms with van der Waals surface area (Å²) in [6.07, 6.45) is 3.21. The molecule has 6 nitrogen and oxygen atoms in total. The largest absolute Gasteiger partial charge is 0.444 e. The minimum atomic E-state index is -0.309. The number of carbonyl (C=O) groups is 2. The fourth-order valence-electron chi connectivity index (χ4n) is 2.14. The van der Waals surface area contributed by atoms with E-state index in [0.717, 1.165) is 5.56 Å². The molecule has 0 aliphatic carbocycles. The molecule has 0 radical (unpaired) electrons. The van der Waals surface area contributed by atoms with Gasteiger partial charge < -0.3 is 15.1 Å². The van der Waals surface area contributed by atoms with Gasteiger partial charge in [0.2, 0.25) is 11.8 Å². The van der Waals surface area contributed by atoms with Crippen molar-refractivity contribution in [2.75, 3.05) is 11.9 Å². The van der Waals surface area contributed by atoms with E-state index in [9.17, 15) is 9.59 Å². The van der Waals surface area contributed by atoms with E-state index in [2.05, 4.69) is 15.6 Å². The van der Waals surface area contributed by atoms with Crippen LogP contribution in [0.15, 0.2) is 41.3 Å². The molecule has 0 saturated carbocycles. The molecule has 1 saturated heterocycles. The number of amides is 2. The Kier molecular flexibility index (Phi) is 3.20. The summed E-state index contributed by atoms with van der Waals surface area (Å²) in [4.78, 5) is 27.0. The van der Waals surface area contributed by atoms with Crippen LogP contribution >= 0.6 is 0 Å². The molecule has 1 aromatic carbocycles. The summed E-state index contributed by atoms with van der Waals surface area (Å²) in [5, 5.41) is 5.46. The van der Waals surface area contributed by atoms with Gasteiger partial charge in [0.05, 0.1) is 12.1 Å². The fraction of sp³-hybridized carbons (Fsp3) is 0.214. The van der Waals surface area contributed by atoms with Crippen molar-refractivity contribution in [1.82, 2.24) is 10.3 Å². The lowest BCUT2D eigenvalue weighted by molar-refractivity contribution is -0.123. The second-order valence-corrected chi connectivity index (χ2v) is 4.64. The average Bonchev–Trinajstić information content (AvgIpc) is 3.10.